The molecule has 5 heteroatoms. The first-order valence-corrected chi connectivity index (χ1v) is 11.1. The second-order valence-corrected chi connectivity index (χ2v) is 7.86. The number of imidazole rings is 1. The zero-order valence-electron chi connectivity index (χ0n) is 18.4. The molecule has 0 bridgehead atoms. The third-order valence-corrected chi connectivity index (χ3v) is 5.38. The van der Waals surface area contributed by atoms with Crippen molar-refractivity contribution in [1.82, 2.24) is 9.55 Å². The lowest BCUT2D eigenvalue weighted by molar-refractivity contribution is -0.107. The Kier molecular flexibility index (Phi) is 7.18. The van der Waals surface area contributed by atoms with E-state index >= 15 is 0 Å². The minimum Gasteiger partial charge on any atom is -0.493 e. The molecule has 0 spiro atoms. The number of hydrogen-bond acceptors (Lipinski definition) is 4. The van der Waals surface area contributed by atoms with Crippen LogP contribution < -0.4 is 4.74 Å². The molecule has 2 aromatic carbocycles. The first-order chi connectivity index (χ1) is 15.7. The van der Waals surface area contributed by atoms with Crippen molar-refractivity contribution in [1.29, 1.82) is 0 Å². The van der Waals surface area contributed by atoms with Crippen molar-refractivity contribution >= 4 is 6.29 Å². The van der Waals surface area contributed by atoms with Crippen molar-refractivity contribution in [2.24, 2.45) is 0 Å². The van der Waals surface area contributed by atoms with Crippen LogP contribution in [0.3, 0.4) is 0 Å². The zero-order valence-corrected chi connectivity index (χ0v) is 18.4. The molecular weight excluding hydrogens is 400 g/mol. The van der Waals surface area contributed by atoms with Crippen LogP contribution in [0.5, 0.6) is 5.75 Å². The van der Waals surface area contributed by atoms with Gasteiger partial charge in [-0.15, -0.1) is 0 Å². The lowest BCUT2D eigenvalue weighted by atomic mass is 10.1. The Balaban J connectivity index is 1.48. The lowest BCUT2D eigenvalue weighted by Gasteiger charge is -2.14. The van der Waals surface area contributed by atoms with Crippen LogP contribution in [0.15, 0.2) is 77.5 Å². The number of aldehydes is 1. The number of rotatable bonds is 11. The quantitative estimate of drug-likeness (QED) is 0.208. The number of para-hydroxylation sites is 1. The lowest BCUT2D eigenvalue weighted by Crippen LogP contribution is -2.05. The Morgan fingerprint density at radius 3 is 2.56 bits per heavy atom. The fourth-order valence-corrected chi connectivity index (χ4v) is 3.77. The van der Waals surface area contributed by atoms with E-state index in [0.29, 0.717) is 19.6 Å². The molecule has 0 aliphatic carbocycles. The molecule has 0 amide bonds. The fourth-order valence-electron chi connectivity index (χ4n) is 3.77. The van der Waals surface area contributed by atoms with Gasteiger partial charge in [0.1, 0.15) is 23.6 Å². The summed E-state index contributed by atoms with van der Waals surface area (Å²) >= 11 is 0. The van der Waals surface area contributed by atoms with Crippen LogP contribution in [0.2, 0.25) is 0 Å². The minimum atomic E-state index is 0.627. The van der Waals surface area contributed by atoms with Gasteiger partial charge in [0, 0.05) is 29.3 Å². The number of hydrogen-bond donors (Lipinski definition) is 0. The van der Waals surface area contributed by atoms with Gasteiger partial charge >= 0.3 is 0 Å². The van der Waals surface area contributed by atoms with Crippen molar-refractivity contribution in [3.63, 3.8) is 0 Å². The molecule has 0 atom stereocenters. The van der Waals surface area contributed by atoms with E-state index in [2.05, 4.69) is 41.1 Å². The third-order valence-electron chi connectivity index (χ3n) is 5.38. The van der Waals surface area contributed by atoms with E-state index in [-0.39, 0.29) is 0 Å². The van der Waals surface area contributed by atoms with E-state index in [0.717, 1.165) is 65.3 Å². The first-order valence-electron chi connectivity index (χ1n) is 11.1. The van der Waals surface area contributed by atoms with Crippen LogP contribution in [0.4, 0.5) is 0 Å². The summed E-state index contributed by atoms with van der Waals surface area (Å²) in [6, 6.07) is 20.3. The molecule has 0 saturated carbocycles. The SMILES string of the molecule is Cc1cn(Cc2ccccc2OCCCCCC=O)c(-c2ccc(-c3ccco3)cc2)n1. The molecule has 5 nitrogen and oxygen atoms in total. The summed E-state index contributed by atoms with van der Waals surface area (Å²) in [5.41, 5.74) is 4.19. The standard InChI is InChI=1S/C27H28N2O3/c1-21-19-29(20-24-9-4-5-10-26(24)31-17-7-3-2-6-16-30)27(28-21)23-14-12-22(13-15-23)25-11-8-18-32-25/h4-5,8-16,18-19H,2-3,6-7,17,20H2,1H3. The molecule has 4 rings (SSSR count). The highest BCUT2D eigenvalue weighted by Crippen LogP contribution is 2.27. The summed E-state index contributed by atoms with van der Waals surface area (Å²) in [6.45, 7) is 3.34. The van der Waals surface area contributed by atoms with Gasteiger partial charge in [0.25, 0.3) is 0 Å². The number of carbonyl (C=O) groups is 1. The number of furan rings is 1. The predicted octanol–water partition coefficient (Wildman–Crippen LogP) is 6.30. The molecule has 164 valence electrons. The average molecular weight is 429 g/mol. The van der Waals surface area contributed by atoms with E-state index in [9.17, 15) is 4.79 Å². The number of nitrogens with zero attached hydrogens (tertiary/aromatic N) is 2. The van der Waals surface area contributed by atoms with E-state index in [1.807, 2.05) is 37.3 Å². The molecule has 0 saturated heterocycles. The monoisotopic (exact) mass is 428 g/mol. The Labute approximate surface area is 188 Å². The molecule has 0 radical (unpaired) electrons. The van der Waals surface area contributed by atoms with Crippen LogP contribution in [-0.4, -0.2) is 22.4 Å². The first kappa shape index (κ1) is 21.6. The highest BCUT2D eigenvalue weighted by Gasteiger charge is 2.12. The van der Waals surface area contributed by atoms with Crippen LogP contribution >= 0.6 is 0 Å². The Morgan fingerprint density at radius 1 is 0.969 bits per heavy atom. The van der Waals surface area contributed by atoms with Crippen molar-refractivity contribution in [3.8, 4) is 28.5 Å². The molecule has 0 aliphatic heterocycles. The molecule has 2 heterocycles. The molecular formula is C27H28N2O3. The number of aromatic nitrogens is 2. The van der Waals surface area contributed by atoms with Gasteiger partial charge in [-0.1, -0.05) is 42.5 Å². The summed E-state index contributed by atoms with van der Waals surface area (Å²) in [4.78, 5) is 15.2. The third kappa shape index (κ3) is 5.35. The van der Waals surface area contributed by atoms with E-state index in [4.69, 9.17) is 14.1 Å². The minimum absolute atomic E-state index is 0.627. The van der Waals surface area contributed by atoms with Gasteiger partial charge in [0.05, 0.1) is 25.1 Å². The summed E-state index contributed by atoms with van der Waals surface area (Å²) in [6.07, 6.45) is 8.23. The maximum Gasteiger partial charge on any atom is 0.140 e. The number of ether oxygens (including phenoxy) is 1. The highest BCUT2D eigenvalue weighted by molar-refractivity contribution is 5.64. The van der Waals surface area contributed by atoms with Crippen molar-refractivity contribution in [2.75, 3.05) is 6.61 Å². The second-order valence-electron chi connectivity index (χ2n) is 7.86. The summed E-state index contributed by atoms with van der Waals surface area (Å²) < 4.78 is 13.7. The van der Waals surface area contributed by atoms with Crippen LogP contribution in [0.1, 0.15) is 36.9 Å². The van der Waals surface area contributed by atoms with Gasteiger partial charge in [-0.25, -0.2) is 4.98 Å². The maximum absolute atomic E-state index is 10.4. The molecule has 0 fully saturated rings. The molecule has 0 unspecified atom stereocenters. The molecule has 0 N–H and O–H groups in total. The van der Waals surface area contributed by atoms with E-state index in [1.165, 1.54) is 0 Å². The summed E-state index contributed by atoms with van der Waals surface area (Å²) in [5, 5.41) is 0. The number of carbonyl (C=O) groups excluding carboxylic acids is 1. The number of benzene rings is 2. The van der Waals surface area contributed by atoms with Gasteiger partial charge in [-0.3, -0.25) is 0 Å². The molecule has 0 aliphatic rings. The van der Waals surface area contributed by atoms with Gasteiger partial charge in [-0.05, 0) is 44.4 Å². The van der Waals surface area contributed by atoms with E-state index in [1.54, 1.807) is 6.26 Å². The normalized spacial score (nSPS) is 10.9. The van der Waals surface area contributed by atoms with Crippen LogP contribution in [0, 0.1) is 6.92 Å². The van der Waals surface area contributed by atoms with Crippen LogP contribution in [0.25, 0.3) is 22.7 Å². The van der Waals surface area contributed by atoms with Crippen molar-refractivity contribution < 1.29 is 13.9 Å². The van der Waals surface area contributed by atoms with Crippen molar-refractivity contribution in [2.45, 2.75) is 39.2 Å². The molecule has 2 aromatic heterocycles. The Hall–Kier alpha value is -3.60. The maximum atomic E-state index is 10.4. The smallest absolute Gasteiger partial charge is 0.140 e. The Bertz CT molecular complexity index is 1130. The average Bonchev–Trinajstić information content (AvgIpc) is 3.47. The van der Waals surface area contributed by atoms with Gasteiger partial charge in [0.15, 0.2) is 0 Å². The number of aryl methyl sites for hydroxylation is 1. The van der Waals surface area contributed by atoms with Crippen LogP contribution in [-0.2, 0) is 11.3 Å². The topological polar surface area (TPSA) is 57.3 Å². The zero-order chi connectivity index (χ0) is 22.2. The second kappa shape index (κ2) is 10.6. The summed E-state index contributed by atoms with van der Waals surface area (Å²) in [5.74, 6) is 2.68. The fraction of sp³-hybridized carbons (Fsp3) is 0.259. The van der Waals surface area contributed by atoms with E-state index < -0.39 is 0 Å². The number of unbranched alkanes of at least 4 members (excludes halogenated alkanes) is 3. The Morgan fingerprint density at radius 2 is 1.78 bits per heavy atom. The van der Waals surface area contributed by atoms with Gasteiger partial charge in [0.2, 0.25) is 0 Å². The highest BCUT2D eigenvalue weighted by atomic mass is 16.5. The van der Waals surface area contributed by atoms with Crippen molar-refractivity contribution in [3.05, 3.63) is 84.4 Å². The predicted molar refractivity (Wildman–Crippen MR) is 126 cm³/mol. The largest absolute Gasteiger partial charge is 0.493 e. The molecule has 32 heavy (non-hydrogen) atoms. The van der Waals surface area contributed by atoms with Gasteiger partial charge in [-0.2, -0.15) is 0 Å². The van der Waals surface area contributed by atoms with Gasteiger partial charge < -0.3 is 18.5 Å². The molecule has 4 aromatic rings. The summed E-state index contributed by atoms with van der Waals surface area (Å²) in [7, 11) is 0.